The zero-order valence-electron chi connectivity index (χ0n) is 10.4. The average molecular weight is 247 g/mol. The largest absolute Gasteiger partial charge is 0.385 e. The lowest BCUT2D eigenvalue weighted by molar-refractivity contribution is 0.194. The summed E-state index contributed by atoms with van der Waals surface area (Å²) >= 11 is 0. The minimum atomic E-state index is -0.0470. The Balaban J connectivity index is 2.03. The summed E-state index contributed by atoms with van der Waals surface area (Å²) in [7, 11) is 1.69. The Labute approximate surface area is 105 Å². The molecule has 0 spiro atoms. The molecule has 0 atom stereocenters. The number of hydrogen-bond acceptors (Lipinski definition) is 4. The average Bonchev–Trinajstić information content (AvgIpc) is 2.39. The number of nitrogens with zero attached hydrogens (tertiary/aromatic N) is 2. The molecule has 18 heavy (non-hydrogen) atoms. The van der Waals surface area contributed by atoms with E-state index >= 15 is 0 Å². The van der Waals surface area contributed by atoms with E-state index in [0.717, 1.165) is 25.3 Å². The van der Waals surface area contributed by atoms with Crippen LogP contribution in [0.3, 0.4) is 0 Å². The molecular formula is C13H17N3O2. The van der Waals surface area contributed by atoms with Gasteiger partial charge in [-0.3, -0.25) is 9.20 Å². The van der Waals surface area contributed by atoms with E-state index in [1.54, 1.807) is 19.4 Å². The second kappa shape index (κ2) is 6.28. The minimum absolute atomic E-state index is 0.0470. The van der Waals surface area contributed by atoms with Gasteiger partial charge < -0.3 is 10.1 Å². The standard InChI is InChI=1S/C13H17N3O2/c1-18-8-4-6-14-10-11-9-13(17)16-7-3-2-5-12(16)15-11/h2-3,5,7,9,14H,4,6,8,10H2,1H3. The minimum Gasteiger partial charge on any atom is -0.385 e. The topological polar surface area (TPSA) is 55.6 Å². The first-order valence-electron chi connectivity index (χ1n) is 5.98. The van der Waals surface area contributed by atoms with Gasteiger partial charge in [-0.1, -0.05) is 6.07 Å². The predicted octanol–water partition coefficient (Wildman–Crippen LogP) is 0.821. The molecule has 0 unspecified atom stereocenters. The number of rotatable bonds is 6. The van der Waals surface area contributed by atoms with Crippen molar-refractivity contribution in [1.82, 2.24) is 14.7 Å². The highest BCUT2D eigenvalue weighted by Crippen LogP contribution is 1.98. The van der Waals surface area contributed by atoms with Gasteiger partial charge in [0.1, 0.15) is 5.65 Å². The van der Waals surface area contributed by atoms with Crippen molar-refractivity contribution in [2.75, 3.05) is 20.3 Å². The number of fused-ring (bicyclic) bond motifs is 1. The first kappa shape index (κ1) is 12.7. The van der Waals surface area contributed by atoms with Crippen LogP contribution in [0.5, 0.6) is 0 Å². The molecule has 2 heterocycles. The van der Waals surface area contributed by atoms with Crippen LogP contribution in [0, 0.1) is 0 Å². The number of methoxy groups -OCH3 is 1. The van der Waals surface area contributed by atoms with Gasteiger partial charge >= 0.3 is 0 Å². The SMILES string of the molecule is COCCCNCc1cc(=O)n2ccccc2n1. The summed E-state index contributed by atoms with van der Waals surface area (Å²) in [5, 5.41) is 3.24. The molecule has 1 N–H and O–H groups in total. The number of pyridine rings is 1. The molecule has 0 aliphatic rings. The molecule has 0 fully saturated rings. The summed E-state index contributed by atoms with van der Waals surface area (Å²) in [5.74, 6) is 0. The van der Waals surface area contributed by atoms with Crippen molar-refractivity contribution in [3.8, 4) is 0 Å². The van der Waals surface area contributed by atoms with Crippen LogP contribution < -0.4 is 10.9 Å². The van der Waals surface area contributed by atoms with Crippen LogP contribution in [0.2, 0.25) is 0 Å². The smallest absolute Gasteiger partial charge is 0.258 e. The van der Waals surface area contributed by atoms with Gasteiger partial charge in [0.2, 0.25) is 0 Å². The van der Waals surface area contributed by atoms with Crippen molar-refractivity contribution in [2.24, 2.45) is 0 Å². The van der Waals surface area contributed by atoms with Crippen LogP contribution in [0.4, 0.5) is 0 Å². The number of ether oxygens (including phenoxy) is 1. The third kappa shape index (κ3) is 3.15. The maximum absolute atomic E-state index is 11.8. The van der Waals surface area contributed by atoms with Gasteiger partial charge in [-0.05, 0) is 25.1 Å². The second-order valence-electron chi connectivity index (χ2n) is 4.04. The van der Waals surface area contributed by atoms with Crippen LogP contribution in [0.1, 0.15) is 12.1 Å². The van der Waals surface area contributed by atoms with Crippen molar-refractivity contribution >= 4 is 5.65 Å². The van der Waals surface area contributed by atoms with Crippen LogP contribution in [0.15, 0.2) is 35.3 Å². The molecule has 0 radical (unpaired) electrons. The molecule has 2 aromatic rings. The van der Waals surface area contributed by atoms with E-state index in [4.69, 9.17) is 4.74 Å². The van der Waals surface area contributed by atoms with Crippen molar-refractivity contribution < 1.29 is 4.74 Å². The fraction of sp³-hybridized carbons (Fsp3) is 0.385. The van der Waals surface area contributed by atoms with E-state index in [2.05, 4.69) is 10.3 Å². The van der Waals surface area contributed by atoms with Gasteiger partial charge in [0.05, 0.1) is 5.69 Å². The summed E-state index contributed by atoms with van der Waals surface area (Å²) in [5.41, 5.74) is 1.40. The van der Waals surface area contributed by atoms with Gasteiger partial charge in [-0.2, -0.15) is 0 Å². The summed E-state index contributed by atoms with van der Waals surface area (Å²) in [6.45, 7) is 2.19. The fourth-order valence-corrected chi connectivity index (χ4v) is 1.75. The zero-order valence-corrected chi connectivity index (χ0v) is 10.4. The van der Waals surface area contributed by atoms with E-state index < -0.39 is 0 Å². The second-order valence-corrected chi connectivity index (χ2v) is 4.04. The summed E-state index contributed by atoms with van der Waals surface area (Å²) in [6.07, 6.45) is 2.67. The summed E-state index contributed by atoms with van der Waals surface area (Å²) in [4.78, 5) is 16.2. The molecule has 0 amide bonds. The van der Waals surface area contributed by atoms with Crippen molar-refractivity contribution in [1.29, 1.82) is 0 Å². The molecule has 5 heteroatoms. The quantitative estimate of drug-likeness (QED) is 0.768. The molecule has 0 aromatic carbocycles. The Bertz CT molecular complexity index is 565. The highest BCUT2D eigenvalue weighted by Gasteiger charge is 2.00. The van der Waals surface area contributed by atoms with E-state index in [9.17, 15) is 4.79 Å². The van der Waals surface area contributed by atoms with Gasteiger partial charge in [-0.25, -0.2) is 4.98 Å². The highest BCUT2D eigenvalue weighted by molar-refractivity contribution is 5.37. The maximum atomic E-state index is 11.8. The molecule has 0 bridgehead atoms. The molecule has 2 rings (SSSR count). The molecular weight excluding hydrogens is 230 g/mol. The first-order valence-corrected chi connectivity index (χ1v) is 5.98. The number of hydrogen-bond donors (Lipinski definition) is 1. The van der Waals surface area contributed by atoms with Crippen LogP contribution in [-0.4, -0.2) is 29.6 Å². The number of nitrogens with one attached hydrogen (secondary N) is 1. The zero-order chi connectivity index (χ0) is 12.8. The van der Waals surface area contributed by atoms with E-state index in [-0.39, 0.29) is 5.56 Å². The molecule has 0 saturated carbocycles. The van der Waals surface area contributed by atoms with E-state index in [1.807, 2.05) is 18.2 Å². The highest BCUT2D eigenvalue weighted by atomic mass is 16.5. The maximum Gasteiger partial charge on any atom is 0.258 e. The Morgan fingerprint density at radius 3 is 3.17 bits per heavy atom. The van der Waals surface area contributed by atoms with Crippen LogP contribution in [0.25, 0.3) is 5.65 Å². The third-order valence-electron chi connectivity index (χ3n) is 2.63. The van der Waals surface area contributed by atoms with E-state index in [1.165, 1.54) is 4.40 Å². The Morgan fingerprint density at radius 1 is 1.44 bits per heavy atom. The lowest BCUT2D eigenvalue weighted by atomic mass is 10.3. The molecule has 0 aliphatic carbocycles. The molecule has 2 aromatic heterocycles. The van der Waals surface area contributed by atoms with Gasteiger partial charge in [0.25, 0.3) is 5.56 Å². The van der Waals surface area contributed by atoms with Gasteiger partial charge in [0, 0.05) is 32.5 Å². The van der Waals surface area contributed by atoms with E-state index in [0.29, 0.717) is 12.2 Å². The van der Waals surface area contributed by atoms with Gasteiger partial charge in [0.15, 0.2) is 0 Å². The van der Waals surface area contributed by atoms with Crippen LogP contribution in [-0.2, 0) is 11.3 Å². The monoisotopic (exact) mass is 247 g/mol. The van der Waals surface area contributed by atoms with Crippen molar-refractivity contribution in [3.05, 3.63) is 46.5 Å². The fourth-order valence-electron chi connectivity index (χ4n) is 1.75. The first-order chi connectivity index (χ1) is 8.81. The Morgan fingerprint density at radius 2 is 2.33 bits per heavy atom. The lowest BCUT2D eigenvalue weighted by Gasteiger charge is -2.05. The third-order valence-corrected chi connectivity index (χ3v) is 2.63. The van der Waals surface area contributed by atoms with Crippen LogP contribution >= 0.6 is 0 Å². The Kier molecular flexibility index (Phi) is 4.44. The predicted molar refractivity (Wildman–Crippen MR) is 69.7 cm³/mol. The summed E-state index contributed by atoms with van der Waals surface area (Å²) < 4.78 is 6.50. The summed E-state index contributed by atoms with van der Waals surface area (Å²) in [6, 6.07) is 7.09. The molecule has 96 valence electrons. The molecule has 5 nitrogen and oxygen atoms in total. The van der Waals surface area contributed by atoms with Gasteiger partial charge in [-0.15, -0.1) is 0 Å². The van der Waals surface area contributed by atoms with Crippen molar-refractivity contribution in [3.63, 3.8) is 0 Å². The Hall–Kier alpha value is -1.72. The molecule has 0 saturated heterocycles. The lowest BCUT2D eigenvalue weighted by Crippen LogP contribution is -2.21. The van der Waals surface area contributed by atoms with Crippen molar-refractivity contribution in [2.45, 2.75) is 13.0 Å². The normalized spacial score (nSPS) is 10.9. The molecule has 0 aliphatic heterocycles. The number of aromatic nitrogens is 2.